The third-order valence-electron chi connectivity index (χ3n) is 2.05. The Morgan fingerprint density at radius 1 is 1.50 bits per heavy atom. The summed E-state index contributed by atoms with van der Waals surface area (Å²) in [7, 11) is 0. The Kier molecular flexibility index (Phi) is 1.73. The number of nitrogens with zero attached hydrogens (tertiary/aromatic N) is 2. The average molecular weight is 190 g/mol. The first kappa shape index (κ1) is 8.68. The molecule has 0 aliphatic carbocycles. The summed E-state index contributed by atoms with van der Waals surface area (Å²) in [6, 6.07) is 0. The highest BCUT2D eigenvalue weighted by molar-refractivity contribution is 6.09. The SMILES string of the molecule is CC(=O)c1c[nH]c2nc(C)nc(N)c12. The highest BCUT2D eigenvalue weighted by atomic mass is 16.1. The summed E-state index contributed by atoms with van der Waals surface area (Å²) in [6.45, 7) is 3.24. The largest absolute Gasteiger partial charge is 0.383 e. The van der Waals surface area contributed by atoms with E-state index in [1.54, 1.807) is 13.1 Å². The molecule has 2 heterocycles. The number of anilines is 1. The van der Waals surface area contributed by atoms with Crippen LogP contribution >= 0.6 is 0 Å². The molecule has 0 saturated heterocycles. The summed E-state index contributed by atoms with van der Waals surface area (Å²) in [6.07, 6.45) is 1.61. The highest BCUT2D eigenvalue weighted by Crippen LogP contribution is 2.21. The molecule has 5 heteroatoms. The maximum Gasteiger partial charge on any atom is 0.162 e. The first-order valence-corrected chi connectivity index (χ1v) is 4.21. The molecule has 0 aliphatic rings. The number of fused-ring (bicyclic) bond motifs is 1. The number of ketones is 1. The maximum atomic E-state index is 11.2. The second kappa shape index (κ2) is 2.80. The van der Waals surface area contributed by atoms with Crippen molar-refractivity contribution in [1.29, 1.82) is 0 Å². The first-order valence-electron chi connectivity index (χ1n) is 4.21. The van der Waals surface area contributed by atoms with Gasteiger partial charge >= 0.3 is 0 Å². The van der Waals surface area contributed by atoms with E-state index in [9.17, 15) is 4.79 Å². The molecular formula is C9H10N4O. The lowest BCUT2D eigenvalue weighted by Gasteiger charge is -1.98. The number of aromatic nitrogens is 3. The van der Waals surface area contributed by atoms with Crippen molar-refractivity contribution >= 4 is 22.6 Å². The molecule has 0 fully saturated rings. The van der Waals surface area contributed by atoms with Crippen molar-refractivity contribution in [1.82, 2.24) is 15.0 Å². The van der Waals surface area contributed by atoms with E-state index in [0.717, 1.165) is 0 Å². The number of Topliss-reactive ketones (excluding diaryl/α,β-unsaturated/α-hetero) is 1. The molecule has 0 radical (unpaired) electrons. The van der Waals surface area contributed by atoms with E-state index in [4.69, 9.17) is 5.73 Å². The Morgan fingerprint density at radius 3 is 2.86 bits per heavy atom. The van der Waals surface area contributed by atoms with Crippen LogP contribution < -0.4 is 5.73 Å². The van der Waals surface area contributed by atoms with Crippen LogP contribution in [-0.4, -0.2) is 20.7 Å². The van der Waals surface area contributed by atoms with Crippen molar-refractivity contribution in [3.63, 3.8) is 0 Å². The summed E-state index contributed by atoms with van der Waals surface area (Å²) in [5.74, 6) is 0.890. The molecule has 5 nitrogen and oxygen atoms in total. The van der Waals surface area contributed by atoms with Gasteiger partial charge in [-0.05, 0) is 13.8 Å². The van der Waals surface area contributed by atoms with E-state index in [2.05, 4.69) is 15.0 Å². The number of nitrogens with two attached hydrogens (primary N) is 1. The van der Waals surface area contributed by atoms with Crippen LogP contribution in [0.3, 0.4) is 0 Å². The monoisotopic (exact) mass is 190 g/mol. The maximum absolute atomic E-state index is 11.2. The normalized spacial score (nSPS) is 10.7. The Morgan fingerprint density at radius 2 is 2.21 bits per heavy atom. The predicted molar refractivity (Wildman–Crippen MR) is 53.0 cm³/mol. The summed E-state index contributed by atoms with van der Waals surface area (Å²) in [4.78, 5) is 22.3. The molecule has 0 aliphatic heterocycles. The van der Waals surface area contributed by atoms with Gasteiger partial charge in [-0.1, -0.05) is 0 Å². The summed E-state index contributed by atoms with van der Waals surface area (Å²) >= 11 is 0. The van der Waals surface area contributed by atoms with Crippen LogP contribution in [-0.2, 0) is 0 Å². The molecule has 0 atom stereocenters. The molecular weight excluding hydrogens is 180 g/mol. The molecule has 2 aromatic rings. The van der Waals surface area contributed by atoms with Crippen LogP contribution in [0.2, 0.25) is 0 Å². The van der Waals surface area contributed by atoms with Gasteiger partial charge < -0.3 is 10.7 Å². The number of carbonyl (C=O) groups excluding carboxylic acids is 1. The van der Waals surface area contributed by atoms with E-state index in [-0.39, 0.29) is 5.78 Å². The van der Waals surface area contributed by atoms with Crippen LogP contribution in [0.1, 0.15) is 23.1 Å². The molecule has 2 rings (SSSR count). The average Bonchev–Trinajstić information content (AvgIpc) is 2.47. The molecule has 0 unspecified atom stereocenters. The minimum Gasteiger partial charge on any atom is -0.383 e. The lowest BCUT2D eigenvalue weighted by molar-refractivity contribution is 0.101. The zero-order valence-corrected chi connectivity index (χ0v) is 7.96. The quantitative estimate of drug-likeness (QED) is 0.658. The second-order valence-corrected chi connectivity index (χ2v) is 3.14. The Labute approximate surface area is 80.4 Å². The van der Waals surface area contributed by atoms with Crippen LogP contribution in [0.4, 0.5) is 5.82 Å². The number of nitrogens with one attached hydrogen (secondary N) is 1. The molecule has 0 aromatic carbocycles. The number of aromatic amines is 1. The first-order chi connectivity index (χ1) is 6.59. The van der Waals surface area contributed by atoms with Crippen LogP contribution in [0, 0.1) is 6.92 Å². The lowest BCUT2D eigenvalue weighted by atomic mass is 10.2. The van der Waals surface area contributed by atoms with Gasteiger partial charge in [-0.3, -0.25) is 4.79 Å². The van der Waals surface area contributed by atoms with Crippen molar-refractivity contribution in [3.05, 3.63) is 17.6 Å². The van der Waals surface area contributed by atoms with Crippen molar-refractivity contribution in [2.75, 3.05) is 5.73 Å². The number of H-pyrrole nitrogens is 1. The van der Waals surface area contributed by atoms with Crippen LogP contribution in [0.5, 0.6) is 0 Å². The summed E-state index contributed by atoms with van der Waals surface area (Å²) < 4.78 is 0. The van der Waals surface area contributed by atoms with Gasteiger partial charge in [-0.15, -0.1) is 0 Å². The third kappa shape index (κ3) is 1.14. The van der Waals surface area contributed by atoms with Crippen molar-refractivity contribution in [2.45, 2.75) is 13.8 Å². The fraction of sp³-hybridized carbons (Fsp3) is 0.222. The van der Waals surface area contributed by atoms with Gasteiger partial charge in [0.05, 0.1) is 5.39 Å². The Balaban J connectivity index is 2.85. The summed E-state index contributed by atoms with van der Waals surface area (Å²) in [5, 5.41) is 0.614. The standard InChI is InChI=1S/C9H10N4O/c1-4(14)6-3-11-9-7(6)8(10)12-5(2)13-9/h3H,1-2H3,(H3,10,11,12,13). The molecule has 72 valence electrons. The number of aryl methyl sites for hydroxylation is 1. The van der Waals surface area contributed by atoms with Crippen LogP contribution in [0.25, 0.3) is 11.0 Å². The van der Waals surface area contributed by atoms with E-state index in [0.29, 0.717) is 28.2 Å². The molecule has 0 spiro atoms. The number of hydrogen-bond donors (Lipinski definition) is 2. The molecule has 0 saturated carbocycles. The van der Waals surface area contributed by atoms with E-state index in [1.165, 1.54) is 6.92 Å². The minimum absolute atomic E-state index is 0.0459. The third-order valence-corrected chi connectivity index (χ3v) is 2.05. The fourth-order valence-corrected chi connectivity index (χ4v) is 1.45. The van der Waals surface area contributed by atoms with Crippen molar-refractivity contribution in [2.24, 2.45) is 0 Å². The molecule has 0 bridgehead atoms. The highest BCUT2D eigenvalue weighted by Gasteiger charge is 2.12. The molecule has 0 amide bonds. The van der Waals surface area contributed by atoms with E-state index in [1.807, 2.05) is 0 Å². The van der Waals surface area contributed by atoms with Crippen molar-refractivity contribution < 1.29 is 4.79 Å². The topological polar surface area (TPSA) is 84.7 Å². The Hall–Kier alpha value is -1.91. The minimum atomic E-state index is -0.0459. The number of rotatable bonds is 1. The molecule has 2 aromatic heterocycles. The number of hydrogen-bond acceptors (Lipinski definition) is 4. The van der Waals surface area contributed by atoms with Gasteiger partial charge in [0.15, 0.2) is 5.78 Å². The molecule has 14 heavy (non-hydrogen) atoms. The number of carbonyl (C=O) groups is 1. The zero-order valence-electron chi connectivity index (χ0n) is 7.96. The lowest BCUT2D eigenvalue weighted by Crippen LogP contribution is -1.99. The predicted octanol–water partition coefficient (Wildman–Crippen LogP) is 1.05. The number of nitrogen functional groups attached to an aromatic ring is 1. The van der Waals surface area contributed by atoms with Gasteiger partial charge in [0, 0.05) is 11.8 Å². The van der Waals surface area contributed by atoms with Gasteiger partial charge in [-0.2, -0.15) is 0 Å². The van der Waals surface area contributed by atoms with Gasteiger partial charge in [0.25, 0.3) is 0 Å². The van der Waals surface area contributed by atoms with Crippen LogP contribution in [0.15, 0.2) is 6.20 Å². The fourth-order valence-electron chi connectivity index (χ4n) is 1.45. The van der Waals surface area contributed by atoms with E-state index >= 15 is 0 Å². The second-order valence-electron chi connectivity index (χ2n) is 3.14. The Bertz CT molecular complexity index is 515. The van der Waals surface area contributed by atoms with Gasteiger partial charge in [-0.25, -0.2) is 9.97 Å². The van der Waals surface area contributed by atoms with Gasteiger partial charge in [0.1, 0.15) is 17.3 Å². The molecule has 3 N–H and O–H groups in total. The van der Waals surface area contributed by atoms with Gasteiger partial charge in [0.2, 0.25) is 0 Å². The smallest absolute Gasteiger partial charge is 0.162 e. The van der Waals surface area contributed by atoms with Crippen molar-refractivity contribution in [3.8, 4) is 0 Å². The van der Waals surface area contributed by atoms with E-state index < -0.39 is 0 Å². The summed E-state index contributed by atoms with van der Waals surface area (Å²) in [5.41, 5.74) is 6.87. The zero-order chi connectivity index (χ0) is 10.3.